The lowest BCUT2D eigenvalue weighted by molar-refractivity contribution is 0.0338. The van der Waals surface area contributed by atoms with Crippen molar-refractivity contribution in [2.45, 2.75) is 26.2 Å². The molecule has 2 N–H and O–H groups in total. The Morgan fingerprint density at radius 2 is 2.08 bits per heavy atom. The molecule has 0 unspecified atom stereocenters. The van der Waals surface area contributed by atoms with E-state index in [0.717, 1.165) is 30.6 Å². The number of nitrogens with zero attached hydrogens (tertiary/aromatic N) is 3. The first-order valence-corrected chi connectivity index (χ1v) is 8.81. The van der Waals surface area contributed by atoms with Crippen molar-refractivity contribution >= 4 is 17.3 Å². The third-order valence-electron chi connectivity index (χ3n) is 5.30. The van der Waals surface area contributed by atoms with Crippen LogP contribution >= 0.6 is 0 Å². The van der Waals surface area contributed by atoms with Gasteiger partial charge in [0.1, 0.15) is 0 Å². The summed E-state index contributed by atoms with van der Waals surface area (Å²) in [6, 6.07) is 7.56. The Morgan fingerprint density at radius 1 is 1.32 bits per heavy atom. The van der Waals surface area contributed by atoms with Crippen molar-refractivity contribution in [1.29, 1.82) is 0 Å². The van der Waals surface area contributed by atoms with Gasteiger partial charge in [0.15, 0.2) is 0 Å². The summed E-state index contributed by atoms with van der Waals surface area (Å²) >= 11 is 0. The number of likely N-dealkylation sites (tertiary alicyclic amines) is 1. The minimum atomic E-state index is -0.0134. The second-order valence-electron chi connectivity index (χ2n) is 6.91. The molecule has 2 aromatic rings. The minimum absolute atomic E-state index is 0.0134. The summed E-state index contributed by atoms with van der Waals surface area (Å²) < 4.78 is 1.73. The van der Waals surface area contributed by atoms with Crippen LogP contribution in [0.4, 0.5) is 11.4 Å². The fourth-order valence-corrected chi connectivity index (χ4v) is 3.37. The highest BCUT2D eigenvalue weighted by Gasteiger charge is 2.34. The number of aryl methyl sites for hydroxylation is 1. The summed E-state index contributed by atoms with van der Waals surface area (Å²) in [5.41, 5.74) is 2.43. The van der Waals surface area contributed by atoms with E-state index in [1.807, 2.05) is 42.4 Å². The second-order valence-corrected chi connectivity index (χ2v) is 6.91. The second kappa shape index (κ2) is 7.27. The molecule has 1 aliphatic heterocycles. The summed E-state index contributed by atoms with van der Waals surface area (Å²) in [4.78, 5) is 14.7. The number of aliphatic hydroxyl groups is 1. The van der Waals surface area contributed by atoms with Crippen LogP contribution in [-0.4, -0.2) is 45.4 Å². The van der Waals surface area contributed by atoms with Gasteiger partial charge in [0.05, 0.1) is 11.9 Å². The largest absolute Gasteiger partial charge is 0.396 e. The van der Waals surface area contributed by atoms with E-state index >= 15 is 0 Å². The van der Waals surface area contributed by atoms with Gasteiger partial charge in [0.2, 0.25) is 0 Å². The van der Waals surface area contributed by atoms with E-state index < -0.39 is 0 Å². The van der Waals surface area contributed by atoms with Crippen LogP contribution in [0.15, 0.2) is 36.7 Å². The Labute approximate surface area is 148 Å². The molecule has 0 aliphatic carbocycles. The highest BCUT2D eigenvalue weighted by Crippen LogP contribution is 2.34. The zero-order chi connectivity index (χ0) is 17.9. The molecule has 0 atom stereocenters. The maximum atomic E-state index is 12.8. The van der Waals surface area contributed by atoms with Crippen molar-refractivity contribution < 1.29 is 9.90 Å². The molecule has 0 radical (unpaired) electrons. The average Bonchev–Trinajstić information content (AvgIpc) is 3.06. The van der Waals surface area contributed by atoms with E-state index in [4.69, 9.17) is 0 Å². The lowest BCUT2D eigenvalue weighted by atomic mass is 9.77. The number of carbonyl (C=O) groups excluding carboxylic acids is 1. The molecule has 1 saturated heterocycles. The predicted molar refractivity (Wildman–Crippen MR) is 97.9 cm³/mol. The number of hydrogen-bond donors (Lipinski definition) is 2. The highest BCUT2D eigenvalue weighted by atomic mass is 16.3. The number of hydrogen-bond acceptors (Lipinski definition) is 4. The van der Waals surface area contributed by atoms with Gasteiger partial charge in [-0.15, -0.1) is 0 Å². The van der Waals surface area contributed by atoms with Gasteiger partial charge >= 0.3 is 0 Å². The van der Waals surface area contributed by atoms with Gasteiger partial charge in [-0.25, -0.2) is 0 Å². The van der Waals surface area contributed by atoms with Crippen LogP contribution in [0.3, 0.4) is 0 Å². The topological polar surface area (TPSA) is 70.4 Å². The third kappa shape index (κ3) is 3.85. The molecule has 1 aromatic heterocycles. The maximum absolute atomic E-state index is 12.8. The number of amides is 1. The van der Waals surface area contributed by atoms with Crippen LogP contribution in [0.25, 0.3) is 0 Å². The Bertz CT molecular complexity index is 727. The summed E-state index contributed by atoms with van der Waals surface area (Å²) in [5, 5.41) is 17.0. The molecule has 3 rings (SSSR count). The first-order valence-electron chi connectivity index (χ1n) is 8.81. The van der Waals surface area contributed by atoms with Gasteiger partial charge in [-0.2, -0.15) is 5.10 Å². The summed E-state index contributed by atoms with van der Waals surface area (Å²) in [6.07, 6.45) is 6.31. The maximum Gasteiger partial charge on any atom is 0.253 e. The number of aromatic nitrogens is 2. The zero-order valence-electron chi connectivity index (χ0n) is 14.9. The number of piperidine rings is 1. The van der Waals surface area contributed by atoms with E-state index in [-0.39, 0.29) is 17.9 Å². The molecule has 6 heteroatoms. The Morgan fingerprint density at radius 3 is 2.68 bits per heavy atom. The van der Waals surface area contributed by atoms with Crippen LogP contribution in [-0.2, 0) is 7.05 Å². The molecule has 1 aromatic carbocycles. The van der Waals surface area contributed by atoms with E-state index in [2.05, 4.69) is 17.3 Å². The molecular formula is C19H26N4O2. The van der Waals surface area contributed by atoms with Gasteiger partial charge < -0.3 is 15.3 Å². The molecule has 1 fully saturated rings. The fraction of sp³-hybridized carbons (Fsp3) is 0.474. The molecule has 0 saturated carbocycles. The number of benzene rings is 1. The number of aliphatic hydroxyl groups excluding tert-OH is 1. The summed E-state index contributed by atoms with van der Waals surface area (Å²) in [6.45, 7) is 3.72. The van der Waals surface area contributed by atoms with Crippen molar-refractivity contribution in [2.24, 2.45) is 12.5 Å². The number of carbonyl (C=O) groups is 1. The fourth-order valence-electron chi connectivity index (χ4n) is 3.37. The van der Waals surface area contributed by atoms with Gasteiger partial charge in [0.25, 0.3) is 5.91 Å². The molecule has 6 nitrogen and oxygen atoms in total. The molecule has 1 amide bonds. The first-order chi connectivity index (χ1) is 12.0. The van der Waals surface area contributed by atoms with Crippen LogP contribution in [0, 0.1) is 5.41 Å². The van der Waals surface area contributed by atoms with Gasteiger partial charge in [-0.1, -0.05) is 13.0 Å². The smallest absolute Gasteiger partial charge is 0.253 e. The number of anilines is 2. The predicted octanol–water partition coefficient (Wildman–Crippen LogP) is 2.79. The standard InChI is InChI=1S/C19H26N4O2/c1-3-19(14-24)7-9-23(10-8-19)18(25)15-5-4-6-16(11-15)21-17-12-20-22(2)13-17/h4-6,11-13,21,24H,3,7-10,14H2,1-2H3. The molecule has 0 bridgehead atoms. The zero-order valence-corrected chi connectivity index (χ0v) is 14.9. The average molecular weight is 342 g/mol. The highest BCUT2D eigenvalue weighted by molar-refractivity contribution is 5.95. The Hall–Kier alpha value is -2.34. The molecule has 2 heterocycles. The monoisotopic (exact) mass is 342 g/mol. The van der Waals surface area contributed by atoms with Crippen molar-refractivity contribution in [3.63, 3.8) is 0 Å². The van der Waals surface area contributed by atoms with Gasteiger partial charge in [-0.05, 0) is 42.9 Å². The first kappa shape index (κ1) is 17.5. The van der Waals surface area contributed by atoms with Crippen molar-refractivity contribution in [2.75, 3.05) is 25.0 Å². The van der Waals surface area contributed by atoms with Crippen molar-refractivity contribution in [3.8, 4) is 0 Å². The van der Waals surface area contributed by atoms with Crippen LogP contribution in [0.5, 0.6) is 0 Å². The van der Waals surface area contributed by atoms with Gasteiger partial charge in [0, 0.05) is 44.2 Å². The van der Waals surface area contributed by atoms with E-state index in [1.54, 1.807) is 10.9 Å². The quantitative estimate of drug-likeness (QED) is 0.876. The van der Waals surface area contributed by atoms with Crippen LogP contribution < -0.4 is 5.32 Å². The molecule has 0 spiro atoms. The molecule has 1 aliphatic rings. The minimum Gasteiger partial charge on any atom is -0.396 e. The van der Waals surface area contributed by atoms with Crippen LogP contribution in [0.1, 0.15) is 36.5 Å². The normalized spacial score (nSPS) is 16.7. The SMILES string of the molecule is CCC1(CO)CCN(C(=O)c2cccc(Nc3cnn(C)c3)c2)CC1. The van der Waals surface area contributed by atoms with Crippen molar-refractivity contribution in [1.82, 2.24) is 14.7 Å². The van der Waals surface area contributed by atoms with E-state index in [1.165, 1.54) is 0 Å². The molecular weight excluding hydrogens is 316 g/mol. The number of nitrogens with one attached hydrogen (secondary N) is 1. The lowest BCUT2D eigenvalue weighted by Gasteiger charge is -2.40. The van der Waals surface area contributed by atoms with Crippen LogP contribution in [0.2, 0.25) is 0 Å². The van der Waals surface area contributed by atoms with Gasteiger partial charge in [-0.3, -0.25) is 9.48 Å². The van der Waals surface area contributed by atoms with E-state index in [9.17, 15) is 9.90 Å². The summed E-state index contributed by atoms with van der Waals surface area (Å²) in [7, 11) is 1.87. The molecule has 25 heavy (non-hydrogen) atoms. The molecule has 134 valence electrons. The van der Waals surface area contributed by atoms with E-state index in [0.29, 0.717) is 18.7 Å². The van der Waals surface area contributed by atoms with Crippen molar-refractivity contribution in [3.05, 3.63) is 42.2 Å². The Balaban J connectivity index is 1.68. The summed E-state index contributed by atoms with van der Waals surface area (Å²) in [5.74, 6) is 0.0532. The Kier molecular flexibility index (Phi) is 5.08. The number of rotatable bonds is 5. The third-order valence-corrected chi connectivity index (χ3v) is 5.30. The lowest BCUT2D eigenvalue weighted by Crippen LogP contribution is -2.44.